The Kier molecular flexibility index (Phi) is 2.24. The minimum absolute atomic E-state index is 0.0210. The van der Waals surface area contributed by atoms with Crippen LogP contribution in [0.1, 0.15) is 63.0 Å². The molecule has 5 rings (SSSR count). The maximum absolute atomic E-state index is 12.4. The summed E-state index contributed by atoms with van der Waals surface area (Å²) in [6.07, 6.45) is 8.74. The third-order valence-electron chi connectivity index (χ3n) is 5.64. The SMILES string of the molecule is CC12CC3CC(C)(C1)CC(NC(=O)c1ncn[nH]1)(C3)C2. The van der Waals surface area contributed by atoms with Gasteiger partial charge in [-0.3, -0.25) is 9.89 Å². The summed E-state index contributed by atoms with van der Waals surface area (Å²) in [7, 11) is 0. The Balaban J connectivity index is 1.63. The van der Waals surface area contributed by atoms with E-state index in [0.29, 0.717) is 16.7 Å². The van der Waals surface area contributed by atoms with Crippen LogP contribution in [0.3, 0.4) is 0 Å². The minimum Gasteiger partial charge on any atom is -0.344 e. The van der Waals surface area contributed by atoms with Gasteiger partial charge in [0.2, 0.25) is 5.82 Å². The highest BCUT2D eigenvalue weighted by molar-refractivity contribution is 5.90. The number of nitrogens with zero attached hydrogens (tertiary/aromatic N) is 2. The number of aromatic amines is 1. The fraction of sp³-hybridized carbons (Fsp3) is 0.800. The molecule has 4 saturated carbocycles. The Morgan fingerprint density at radius 2 is 1.95 bits per heavy atom. The molecule has 0 spiro atoms. The van der Waals surface area contributed by atoms with Crippen LogP contribution >= 0.6 is 0 Å². The Labute approximate surface area is 118 Å². The molecule has 0 aliphatic heterocycles. The highest BCUT2D eigenvalue weighted by Gasteiger charge is 2.60. The first kappa shape index (κ1) is 12.4. The lowest BCUT2D eigenvalue weighted by Crippen LogP contribution is -2.65. The van der Waals surface area contributed by atoms with E-state index in [1.807, 2.05) is 0 Å². The smallest absolute Gasteiger partial charge is 0.289 e. The van der Waals surface area contributed by atoms with E-state index in [0.717, 1.165) is 25.2 Å². The van der Waals surface area contributed by atoms with Crippen molar-refractivity contribution in [1.82, 2.24) is 20.5 Å². The van der Waals surface area contributed by atoms with Crippen molar-refractivity contribution < 1.29 is 4.79 Å². The van der Waals surface area contributed by atoms with Crippen LogP contribution in [-0.4, -0.2) is 26.6 Å². The molecule has 1 aromatic rings. The summed E-state index contributed by atoms with van der Waals surface area (Å²) in [5.74, 6) is 1.00. The van der Waals surface area contributed by atoms with Crippen LogP contribution in [0.4, 0.5) is 0 Å². The zero-order chi connectivity index (χ0) is 14.0. The first-order chi connectivity index (χ1) is 9.40. The number of hydrogen-bond donors (Lipinski definition) is 2. The molecule has 4 bridgehead atoms. The largest absolute Gasteiger partial charge is 0.344 e. The average Bonchev–Trinajstić information content (AvgIpc) is 2.75. The lowest BCUT2D eigenvalue weighted by atomic mass is 9.43. The van der Waals surface area contributed by atoms with Crippen LogP contribution in [0.5, 0.6) is 0 Å². The molecule has 2 N–H and O–H groups in total. The zero-order valence-electron chi connectivity index (χ0n) is 12.2. The molecule has 5 heteroatoms. The summed E-state index contributed by atoms with van der Waals surface area (Å²) in [5, 5.41) is 9.74. The number of H-pyrrole nitrogens is 1. The molecule has 20 heavy (non-hydrogen) atoms. The molecule has 108 valence electrons. The van der Waals surface area contributed by atoms with Gasteiger partial charge in [-0.25, -0.2) is 4.98 Å². The molecule has 1 heterocycles. The van der Waals surface area contributed by atoms with Crippen LogP contribution < -0.4 is 5.32 Å². The molecular weight excluding hydrogens is 252 g/mol. The second-order valence-electron chi connectivity index (χ2n) is 8.20. The topological polar surface area (TPSA) is 70.7 Å². The fourth-order valence-corrected chi connectivity index (χ4v) is 6.20. The molecule has 4 aliphatic rings. The van der Waals surface area contributed by atoms with Crippen LogP contribution in [0.15, 0.2) is 6.33 Å². The van der Waals surface area contributed by atoms with Gasteiger partial charge in [-0.1, -0.05) is 13.8 Å². The van der Waals surface area contributed by atoms with Crippen molar-refractivity contribution in [3.05, 3.63) is 12.2 Å². The third kappa shape index (κ3) is 1.79. The first-order valence-electron chi connectivity index (χ1n) is 7.57. The van der Waals surface area contributed by atoms with Gasteiger partial charge in [0.15, 0.2) is 0 Å². The number of carbonyl (C=O) groups excluding carboxylic acids is 1. The molecule has 5 nitrogen and oxygen atoms in total. The van der Waals surface area contributed by atoms with E-state index in [9.17, 15) is 4.79 Å². The van der Waals surface area contributed by atoms with E-state index >= 15 is 0 Å². The van der Waals surface area contributed by atoms with Crippen molar-refractivity contribution >= 4 is 5.91 Å². The lowest BCUT2D eigenvalue weighted by molar-refractivity contribution is -0.114. The van der Waals surface area contributed by atoms with Gasteiger partial charge in [0.25, 0.3) is 5.91 Å². The Bertz CT molecular complexity index is 534. The van der Waals surface area contributed by atoms with Gasteiger partial charge in [-0.2, -0.15) is 5.10 Å². The number of hydrogen-bond acceptors (Lipinski definition) is 3. The van der Waals surface area contributed by atoms with E-state index in [4.69, 9.17) is 0 Å². The van der Waals surface area contributed by atoms with Gasteiger partial charge in [-0.05, 0) is 55.3 Å². The molecule has 0 radical (unpaired) electrons. The van der Waals surface area contributed by atoms with E-state index in [2.05, 4.69) is 34.3 Å². The van der Waals surface area contributed by atoms with Crippen molar-refractivity contribution in [3.63, 3.8) is 0 Å². The first-order valence-corrected chi connectivity index (χ1v) is 7.57. The number of rotatable bonds is 2. The zero-order valence-corrected chi connectivity index (χ0v) is 12.2. The van der Waals surface area contributed by atoms with Crippen LogP contribution in [0, 0.1) is 16.7 Å². The summed E-state index contributed by atoms with van der Waals surface area (Å²) >= 11 is 0. The van der Waals surface area contributed by atoms with Gasteiger partial charge in [0, 0.05) is 5.54 Å². The van der Waals surface area contributed by atoms with E-state index in [1.54, 1.807) is 0 Å². The molecule has 2 unspecified atom stereocenters. The summed E-state index contributed by atoms with van der Waals surface area (Å²) in [6.45, 7) is 4.82. The highest BCUT2D eigenvalue weighted by atomic mass is 16.2. The van der Waals surface area contributed by atoms with Crippen molar-refractivity contribution in [1.29, 1.82) is 0 Å². The Morgan fingerprint density at radius 3 is 2.50 bits per heavy atom. The summed E-state index contributed by atoms with van der Waals surface area (Å²) < 4.78 is 0. The predicted octanol–water partition coefficient (Wildman–Crippen LogP) is 2.28. The molecule has 4 aliphatic carbocycles. The second-order valence-corrected chi connectivity index (χ2v) is 8.20. The van der Waals surface area contributed by atoms with Crippen LogP contribution in [0.2, 0.25) is 0 Å². The monoisotopic (exact) mass is 274 g/mol. The standard InChI is InChI=1S/C15H22N4O/c1-13-3-10-4-14(2,6-13)8-15(5-10,7-13)18-12(20)11-16-9-17-19-11/h9-10H,3-8H2,1-2H3,(H,18,20)(H,16,17,19). The summed E-state index contributed by atoms with van der Waals surface area (Å²) in [5.41, 5.74) is 0.790. The lowest BCUT2D eigenvalue weighted by Gasteiger charge is -2.65. The molecule has 1 aromatic heterocycles. The average molecular weight is 274 g/mol. The molecule has 0 aromatic carbocycles. The van der Waals surface area contributed by atoms with Crippen molar-refractivity contribution in [2.45, 2.75) is 57.9 Å². The number of amides is 1. The normalized spacial score (nSPS) is 45.6. The summed E-state index contributed by atoms with van der Waals surface area (Å²) in [4.78, 5) is 16.3. The Morgan fingerprint density at radius 1 is 1.25 bits per heavy atom. The Hall–Kier alpha value is -1.39. The van der Waals surface area contributed by atoms with E-state index in [1.165, 1.54) is 25.6 Å². The third-order valence-corrected chi connectivity index (χ3v) is 5.64. The van der Waals surface area contributed by atoms with Crippen LogP contribution in [-0.2, 0) is 0 Å². The van der Waals surface area contributed by atoms with Gasteiger partial charge < -0.3 is 5.32 Å². The molecule has 2 atom stereocenters. The second kappa shape index (κ2) is 3.62. The van der Waals surface area contributed by atoms with Crippen molar-refractivity contribution in [2.24, 2.45) is 16.7 Å². The number of carbonyl (C=O) groups is 1. The molecule has 0 saturated heterocycles. The molecule has 1 amide bonds. The van der Waals surface area contributed by atoms with E-state index < -0.39 is 0 Å². The van der Waals surface area contributed by atoms with Crippen molar-refractivity contribution in [3.8, 4) is 0 Å². The fourth-order valence-electron chi connectivity index (χ4n) is 6.20. The van der Waals surface area contributed by atoms with Crippen LogP contribution in [0.25, 0.3) is 0 Å². The van der Waals surface area contributed by atoms with Gasteiger partial charge >= 0.3 is 0 Å². The summed E-state index contributed by atoms with van der Waals surface area (Å²) in [6, 6.07) is 0. The highest BCUT2D eigenvalue weighted by Crippen LogP contribution is 2.66. The van der Waals surface area contributed by atoms with E-state index in [-0.39, 0.29) is 11.4 Å². The predicted molar refractivity (Wildman–Crippen MR) is 74.0 cm³/mol. The molecule has 4 fully saturated rings. The van der Waals surface area contributed by atoms with Crippen molar-refractivity contribution in [2.75, 3.05) is 0 Å². The number of aromatic nitrogens is 3. The van der Waals surface area contributed by atoms with Gasteiger partial charge in [-0.15, -0.1) is 0 Å². The number of nitrogens with one attached hydrogen (secondary N) is 2. The van der Waals surface area contributed by atoms with Gasteiger partial charge in [0.05, 0.1) is 0 Å². The quantitative estimate of drug-likeness (QED) is 0.869. The maximum atomic E-state index is 12.4. The molecular formula is C15H22N4O. The van der Waals surface area contributed by atoms with Gasteiger partial charge in [0.1, 0.15) is 6.33 Å². The minimum atomic E-state index is -0.100. The maximum Gasteiger partial charge on any atom is 0.289 e.